The van der Waals surface area contributed by atoms with E-state index in [0.717, 1.165) is 31.9 Å². The first kappa shape index (κ1) is 16.4. The number of hydrogen-bond acceptors (Lipinski definition) is 6. The quantitative estimate of drug-likeness (QED) is 0.633. The number of allylic oxidation sites excluding steroid dienone is 1. The van der Waals surface area contributed by atoms with Crippen LogP contribution in [0.5, 0.6) is 5.75 Å². The Labute approximate surface area is 141 Å². The van der Waals surface area contributed by atoms with Crippen molar-refractivity contribution in [3.8, 4) is 5.75 Å². The molecule has 1 fully saturated rings. The van der Waals surface area contributed by atoms with Crippen LogP contribution in [0.4, 0.5) is 4.39 Å². The number of para-hydroxylation sites is 1. The molecule has 1 aromatic rings. The Balaban J connectivity index is 1.99. The van der Waals surface area contributed by atoms with Crippen molar-refractivity contribution >= 4 is 5.70 Å². The predicted octanol–water partition coefficient (Wildman–Crippen LogP) is 0.568. The van der Waals surface area contributed by atoms with Crippen LogP contribution in [-0.2, 0) is 0 Å². The van der Waals surface area contributed by atoms with Gasteiger partial charge in [0.15, 0.2) is 11.6 Å². The molecule has 0 saturated carbocycles. The standard InChI is InChI=1S/C17H24FN5O/c1-17-9-21-16(20)14(23(17)7-6-22(2)10-17)8-13(19)11-4-3-5-12(18)15(11)24/h3-5,8,21,24H,6-7,9-10,19-20H2,1-2H3/b13-8-. The molecule has 2 aliphatic heterocycles. The van der Waals surface area contributed by atoms with E-state index in [9.17, 15) is 9.50 Å². The van der Waals surface area contributed by atoms with E-state index in [1.165, 1.54) is 12.1 Å². The lowest BCUT2D eigenvalue weighted by Gasteiger charge is -2.52. The second kappa shape index (κ2) is 5.90. The van der Waals surface area contributed by atoms with E-state index < -0.39 is 11.6 Å². The Bertz CT molecular complexity index is 717. The summed E-state index contributed by atoms with van der Waals surface area (Å²) >= 11 is 0. The second-order valence-electron chi connectivity index (χ2n) is 6.77. The third kappa shape index (κ3) is 2.75. The number of hydrogen-bond donors (Lipinski definition) is 4. The number of phenolic OH excluding ortho intramolecular Hbond substituents is 1. The summed E-state index contributed by atoms with van der Waals surface area (Å²) in [5.41, 5.74) is 13.5. The van der Waals surface area contributed by atoms with Crippen molar-refractivity contribution in [1.82, 2.24) is 15.1 Å². The summed E-state index contributed by atoms with van der Waals surface area (Å²) in [6.45, 7) is 5.56. The Hall–Kier alpha value is -2.41. The van der Waals surface area contributed by atoms with Gasteiger partial charge in [-0.3, -0.25) is 0 Å². The zero-order valence-corrected chi connectivity index (χ0v) is 14.0. The second-order valence-corrected chi connectivity index (χ2v) is 6.77. The maximum atomic E-state index is 13.6. The van der Waals surface area contributed by atoms with Crippen LogP contribution >= 0.6 is 0 Å². The number of nitrogens with one attached hydrogen (secondary N) is 1. The highest BCUT2D eigenvalue weighted by Gasteiger charge is 2.40. The summed E-state index contributed by atoms with van der Waals surface area (Å²) < 4.78 is 13.6. The summed E-state index contributed by atoms with van der Waals surface area (Å²) in [7, 11) is 2.10. The highest BCUT2D eigenvalue weighted by Crippen LogP contribution is 2.32. The molecular formula is C17H24FN5O. The van der Waals surface area contributed by atoms with Crippen LogP contribution in [0.2, 0.25) is 0 Å². The van der Waals surface area contributed by atoms with Crippen molar-refractivity contribution < 1.29 is 9.50 Å². The molecule has 2 heterocycles. The molecule has 7 heteroatoms. The molecule has 0 radical (unpaired) electrons. The predicted molar refractivity (Wildman–Crippen MR) is 92.1 cm³/mol. The summed E-state index contributed by atoms with van der Waals surface area (Å²) in [4.78, 5) is 4.52. The fourth-order valence-corrected chi connectivity index (χ4v) is 3.50. The molecule has 1 aromatic carbocycles. The molecule has 24 heavy (non-hydrogen) atoms. The van der Waals surface area contributed by atoms with E-state index in [2.05, 4.69) is 29.1 Å². The largest absolute Gasteiger partial charge is 0.504 e. The monoisotopic (exact) mass is 333 g/mol. The number of rotatable bonds is 2. The number of piperazine rings is 1. The molecule has 0 aliphatic carbocycles. The van der Waals surface area contributed by atoms with Gasteiger partial charge in [0.05, 0.1) is 11.2 Å². The average molecular weight is 333 g/mol. The lowest BCUT2D eigenvalue weighted by Crippen LogP contribution is -2.66. The molecule has 0 aromatic heterocycles. The maximum absolute atomic E-state index is 13.6. The minimum Gasteiger partial charge on any atom is -0.504 e. The van der Waals surface area contributed by atoms with Crippen molar-refractivity contribution in [3.05, 3.63) is 47.2 Å². The Morgan fingerprint density at radius 1 is 1.42 bits per heavy atom. The van der Waals surface area contributed by atoms with Gasteiger partial charge in [-0.25, -0.2) is 4.39 Å². The van der Waals surface area contributed by atoms with Crippen molar-refractivity contribution in [1.29, 1.82) is 0 Å². The van der Waals surface area contributed by atoms with E-state index in [4.69, 9.17) is 11.5 Å². The molecule has 1 saturated heterocycles. The van der Waals surface area contributed by atoms with Gasteiger partial charge in [-0.05, 0) is 32.2 Å². The number of nitrogens with two attached hydrogens (primary N) is 2. The van der Waals surface area contributed by atoms with E-state index in [-0.39, 0.29) is 16.8 Å². The van der Waals surface area contributed by atoms with Gasteiger partial charge in [-0.2, -0.15) is 0 Å². The number of aromatic hydroxyl groups is 1. The number of benzene rings is 1. The lowest BCUT2D eigenvalue weighted by molar-refractivity contribution is 0.0411. The van der Waals surface area contributed by atoms with Crippen LogP contribution in [0.15, 0.2) is 35.8 Å². The summed E-state index contributed by atoms with van der Waals surface area (Å²) in [6.07, 6.45) is 1.71. The molecule has 2 aliphatic rings. The third-order valence-electron chi connectivity index (χ3n) is 4.78. The van der Waals surface area contributed by atoms with Crippen LogP contribution in [0.3, 0.4) is 0 Å². The zero-order chi connectivity index (χ0) is 17.5. The minimum absolute atomic E-state index is 0.105. The summed E-state index contributed by atoms with van der Waals surface area (Å²) in [5.74, 6) is -0.608. The average Bonchev–Trinajstić information content (AvgIpc) is 2.52. The lowest BCUT2D eigenvalue weighted by atomic mass is 9.92. The molecule has 3 rings (SSSR count). The van der Waals surface area contributed by atoms with Gasteiger partial charge >= 0.3 is 0 Å². The van der Waals surface area contributed by atoms with Gasteiger partial charge in [0.2, 0.25) is 0 Å². The Kier molecular flexibility index (Phi) is 4.04. The molecule has 1 atom stereocenters. The van der Waals surface area contributed by atoms with Gasteiger partial charge in [-0.1, -0.05) is 6.07 Å². The molecule has 130 valence electrons. The van der Waals surface area contributed by atoms with Crippen molar-refractivity contribution in [2.75, 3.05) is 33.2 Å². The van der Waals surface area contributed by atoms with Crippen molar-refractivity contribution in [2.24, 2.45) is 11.5 Å². The van der Waals surface area contributed by atoms with E-state index in [1.54, 1.807) is 12.1 Å². The maximum Gasteiger partial charge on any atom is 0.165 e. The van der Waals surface area contributed by atoms with Gasteiger partial charge in [0.25, 0.3) is 0 Å². The van der Waals surface area contributed by atoms with E-state index in [0.29, 0.717) is 5.82 Å². The smallest absolute Gasteiger partial charge is 0.165 e. The fourth-order valence-electron chi connectivity index (χ4n) is 3.50. The van der Waals surface area contributed by atoms with E-state index >= 15 is 0 Å². The van der Waals surface area contributed by atoms with Crippen LogP contribution in [0, 0.1) is 5.82 Å². The van der Waals surface area contributed by atoms with Gasteiger partial charge < -0.3 is 31.7 Å². The minimum atomic E-state index is -0.697. The van der Waals surface area contributed by atoms with Crippen molar-refractivity contribution in [3.63, 3.8) is 0 Å². The van der Waals surface area contributed by atoms with E-state index in [1.807, 2.05) is 0 Å². The van der Waals surface area contributed by atoms with Crippen molar-refractivity contribution in [2.45, 2.75) is 12.5 Å². The third-order valence-corrected chi connectivity index (χ3v) is 4.78. The molecule has 6 N–H and O–H groups in total. The first-order chi connectivity index (χ1) is 11.3. The summed E-state index contributed by atoms with van der Waals surface area (Å²) in [6, 6.07) is 4.29. The van der Waals surface area contributed by atoms with Gasteiger partial charge in [-0.15, -0.1) is 0 Å². The molecular weight excluding hydrogens is 309 g/mol. The molecule has 6 nitrogen and oxygen atoms in total. The topological polar surface area (TPSA) is 90.8 Å². The van der Waals surface area contributed by atoms with Crippen LogP contribution < -0.4 is 16.8 Å². The SMILES string of the molecule is CN1CCN2C(/C=C(\N)c3cccc(F)c3O)=C(N)NCC2(C)C1. The molecule has 1 unspecified atom stereocenters. The number of fused-ring (bicyclic) bond motifs is 1. The first-order valence-electron chi connectivity index (χ1n) is 7.97. The van der Waals surface area contributed by atoms with Crippen LogP contribution in [0.1, 0.15) is 12.5 Å². The molecule has 0 bridgehead atoms. The fraction of sp³-hybridized carbons (Fsp3) is 0.412. The Morgan fingerprint density at radius 2 is 2.17 bits per heavy atom. The number of likely N-dealkylation sites (N-methyl/N-ethyl adjacent to an activating group) is 1. The number of halogens is 1. The van der Waals surface area contributed by atoms with Gasteiger partial charge in [0, 0.05) is 37.4 Å². The highest BCUT2D eigenvalue weighted by molar-refractivity contribution is 5.70. The number of nitrogens with zero attached hydrogens (tertiary/aromatic N) is 2. The van der Waals surface area contributed by atoms with Crippen LogP contribution in [0.25, 0.3) is 5.70 Å². The number of phenols is 1. The first-order valence-corrected chi connectivity index (χ1v) is 7.97. The highest BCUT2D eigenvalue weighted by atomic mass is 19.1. The van der Waals surface area contributed by atoms with Crippen LogP contribution in [-0.4, -0.2) is 53.7 Å². The normalized spacial score (nSPS) is 25.5. The Morgan fingerprint density at radius 3 is 2.92 bits per heavy atom. The summed E-state index contributed by atoms with van der Waals surface area (Å²) in [5, 5.41) is 13.1. The zero-order valence-electron chi connectivity index (χ0n) is 14.0. The molecule has 0 amide bonds. The molecule has 0 spiro atoms. The van der Waals surface area contributed by atoms with Gasteiger partial charge in [0.1, 0.15) is 5.82 Å².